The number of hydrogen-bond acceptors (Lipinski definition) is 9. The van der Waals surface area contributed by atoms with Gasteiger partial charge in [0.2, 0.25) is 24.5 Å². The van der Waals surface area contributed by atoms with Crippen molar-refractivity contribution in [1.29, 1.82) is 0 Å². The molecule has 1 aromatic carbocycles. The van der Waals surface area contributed by atoms with Crippen molar-refractivity contribution in [2.24, 2.45) is 5.92 Å². The number of thioether (sulfide) groups is 1. The fraction of sp³-hybridized carbons (Fsp3) is 0.520. The summed E-state index contributed by atoms with van der Waals surface area (Å²) in [5.41, 5.74) is 0.691. The first-order valence-corrected chi connectivity index (χ1v) is 13.6. The van der Waals surface area contributed by atoms with Crippen LogP contribution in [0.4, 0.5) is 0 Å². The highest BCUT2D eigenvalue weighted by Gasteiger charge is 2.37. The highest BCUT2D eigenvalue weighted by molar-refractivity contribution is 7.98. The number of imide groups is 1. The van der Waals surface area contributed by atoms with Crippen LogP contribution in [0, 0.1) is 5.92 Å². The zero-order valence-corrected chi connectivity index (χ0v) is 22.5. The zero-order chi connectivity index (χ0) is 28.1. The topological polar surface area (TPSA) is 160 Å². The fourth-order valence-electron chi connectivity index (χ4n) is 3.53. The van der Waals surface area contributed by atoms with E-state index >= 15 is 0 Å². The number of amides is 5. The SMILES string of the molecule is CSCC[C@H](NC=O)C(=O)N[C@@H](CC(C)C)C(=O)N[C@@H](OCc1ccccc1)C(=O)ON1C(=O)CCC1=O. The molecule has 0 aromatic heterocycles. The second kappa shape index (κ2) is 15.7. The van der Waals surface area contributed by atoms with E-state index in [9.17, 15) is 28.8 Å². The van der Waals surface area contributed by atoms with Crippen LogP contribution in [0.5, 0.6) is 0 Å². The van der Waals surface area contributed by atoms with Crippen LogP contribution in [0.1, 0.15) is 45.1 Å². The van der Waals surface area contributed by atoms with Gasteiger partial charge in [-0.3, -0.25) is 24.0 Å². The summed E-state index contributed by atoms with van der Waals surface area (Å²) in [7, 11) is 0. The minimum Gasteiger partial charge on any atom is -0.347 e. The molecule has 3 atom stereocenters. The lowest BCUT2D eigenvalue weighted by molar-refractivity contribution is -0.207. The van der Waals surface area contributed by atoms with E-state index in [1.54, 1.807) is 30.3 Å². The van der Waals surface area contributed by atoms with Gasteiger partial charge in [0.15, 0.2) is 0 Å². The Morgan fingerprint density at radius 3 is 2.24 bits per heavy atom. The standard InChI is InChI=1S/C25H34N4O8S/c1-16(2)13-19(27-22(33)18(26-15-30)11-12-38-3)23(34)28-24(36-14-17-7-5-4-6-8-17)25(35)37-29-20(31)9-10-21(29)32/h4-8,15-16,18-19,24H,9-14H2,1-3H3,(H,26,30)(H,27,33)(H,28,34)/t18-,19-,24-/m0/s1. The summed E-state index contributed by atoms with van der Waals surface area (Å²) < 4.78 is 5.61. The maximum Gasteiger partial charge on any atom is 0.382 e. The average molecular weight is 551 g/mol. The summed E-state index contributed by atoms with van der Waals surface area (Å²) in [5.74, 6) is -3.24. The predicted octanol–water partition coefficient (Wildman–Crippen LogP) is 0.651. The molecule has 1 heterocycles. The molecule has 3 N–H and O–H groups in total. The number of rotatable bonds is 16. The van der Waals surface area contributed by atoms with Crippen molar-refractivity contribution in [2.45, 2.75) is 64.4 Å². The van der Waals surface area contributed by atoms with Crippen LogP contribution in [-0.4, -0.2) is 71.4 Å². The summed E-state index contributed by atoms with van der Waals surface area (Å²) in [5, 5.41) is 7.88. The van der Waals surface area contributed by atoms with Crippen molar-refractivity contribution in [3.8, 4) is 0 Å². The zero-order valence-electron chi connectivity index (χ0n) is 21.6. The van der Waals surface area contributed by atoms with E-state index in [1.165, 1.54) is 11.8 Å². The first-order valence-electron chi connectivity index (χ1n) is 12.2. The smallest absolute Gasteiger partial charge is 0.347 e. The summed E-state index contributed by atoms with van der Waals surface area (Å²) in [4.78, 5) is 78.7. The predicted molar refractivity (Wildman–Crippen MR) is 138 cm³/mol. The molecule has 5 amide bonds. The van der Waals surface area contributed by atoms with Gasteiger partial charge in [-0.25, -0.2) is 4.79 Å². The van der Waals surface area contributed by atoms with Gasteiger partial charge in [0.05, 0.1) is 6.61 Å². The van der Waals surface area contributed by atoms with E-state index in [1.807, 2.05) is 20.1 Å². The summed E-state index contributed by atoms with van der Waals surface area (Å²) in [6, 6.07) is 6.90. The number of benzene rings is 1. The van der Waals surface area contributed by atoms with E-state index in [4.69, 9.17) is 9.57 Å². The Morgan fingerprint density at radius 2 is 1.66 bits per heavy atom. The molecular weight excluding hydrogens is 516 g/mol. The maximum absolute atomic E-state index is 13.2. The molecule has 12 nitrogen and oxygen atoms in total. The van der Waals surface area contributed by atoms with Gasteiger partial charge in [0, 0.05) is 12.8 Å². The monoisotopic (exact) mass is 550 g/mol. The number of hydrogen-bond donors (Lipinski definition) is 3. The quantitative estimate of drug-likeness (QED) is 0.153. The third kappa shape index (κ3) is 9.78. The van der Waals surface area contributed by atoms with Crippen molar-refractivity contribution >= 4 is 47.8 Å². The molecule has 0 aliphatic carbocycles. The van der Waals surface area contributed by atoms with Crippen molar-refractivity contribution in [1.82, 2.24) is 21.0 Å². The lowest BCUT2D eigenvalue weighted by Gasteiger charge is -2.26. The minimum absolute atomic E-state index is 0.0230. The van der Waals surface area contributed by atoms with Crippen LogP contribution < -0.4 is 16.0 Å². The number of ether oxygens (including phenoxy) is 1. The van der Waals surface area contributed by atoms with Crippen LogP contribution in [0.2, 0.25) is 0 Å². The van der Waals surface area contributed by atoms with Gasteiger partial charge >= 0.3 is 5.97 Å². The van der Waals surface area contributed by atoms with Gasteiger partial charge in [-0.05, 0) is 36.3 Å². The first kappa shape index (κ1) is 30.8. The number of nitrogens with zero attached hydrogens (tertiary/aromatic N) is 1. The van der Waals surface area contributed by atoms with Crippen molar-refractivity contribution in [2.75, 3.05) is 12.0 Å². The summed E-state index contributed by atoms with van der Waals surface area (Å²) in [6.07, 6.45) is 0.990. The summed E-state index contributed by atoms with van der Waals surface area (Å²) >= 11 is 1.50. The molecular formula is C25H34N4O8S. The van der Waals surface area contributed by atoms with Gasteiger partial charge in [-0.15, -0.1) is 5.06 Å². The number of carbonyl (C=O) groups excluding carboxylic acids is 6. The molecule has 38 heavy (non-hydrogen) atoms. The van der Waals surface area contributed by atoms with Crippen molar-refractivity contribution in [3.05, 3.63) is 35.9 Å². The van der Waals surface area contributed by atoms with Crippen molar-refractivity contribution < 1.29 is 38.3 Å². The first-order chi connectivity index (χ1) is 18.2. The Bertz CT molecular complexity index is 975. The minimum atomic E-state index is -1.68. The van der Waals surface area contributed by atoms with Gasteiger partial charge in [-0.2, -0.15) is 11.8 Å². The second-order valence-electron chi connectivity index (χ2n) is 8.99. The lowest BCUT2D eigenvalue weighted by Crippen LogP contribution is -2.56. The van der Waals surface area contributed by atoms with Crippen molar-refractivity contribution in [3.63, 3.8) is 0 Å². The van der Waals surface area contributed by atoms with Gasteiger partial charge in [0.1, 0.15) is 12.1 Å². The number of carbonyl (C=O) groups is 6. The van der Waals surface area contributed by atoms with E-state index < -0.39 is 47.9 Å². The molecule has 0 radical (unpaired) electrons. The molecule has 0 spiro atoms. The molecule has 0 saturated carbocycles. The van der Waals surface area contributed by atoms with Crippen LogP contribution in [0.25, 0.3) is 0 Å². The Labute approximate surface area is 225 Å². The molecule has 1 saturated heterocycles. The maximum atomic E-state index is 13.2. The molecule has 1 aromatic rings. The van der Waals surface area contributed by atoms with Crippen LogP contribution in [0.3, 0.4) is 0 Å². The lowest BCUT2D eigenvalue weighted by atomic mass is 10.0. The van der Waals surface area contributed by atoms with Crippen LogP contribution in [0.15, 0.2) is 30.3 Å². The molecule has 0 unspecified atom stereocenters. The average Bonchev–Trinajstić information content (AvgIpc) is 3.20. The molecule has 0 bridgehead atoms. The molecule has 208 valence electrons. The largest absolute Gasteiger partial charge is 0.382 e. The molecule has 2 rings (SSSR count). The Hall–Kier alpha value is -3.45. The molecule has 1 fully saturated rings. The van der Waals surface area contributed by atoms with E-state index in [2.05, 4.69) is 16.0 Å². The number of hydroxylamine groups is 2. The Balaban J connectivity index is 2.18. The van der Waals surface area contributed by atoms with Crippen LogP contribution in [-0.2, 0) is 44.9 Å². The number of nitrogens with one attached hydrogen (secondary N) is 3. The highest BCUT2D eigenvalue weighted by atomic mass is 32.2. The normalized spacial score (nSPS) is 15.5. The van der Waals surface area contributed by atoms with Gasteiger partial charge in [-0.1, -0.05) is 44.2 Å². The highest BCUT2D eigenvalue weighted by Crippen LogP contribution is 2.14. The fourth-order valence-corrected chi connectivity index (χ4v) is 4.00. The van der Waals surface area contributed by atoms with Gasteiger partial charge in [0.25, 0.3) is 11.8 Å². The third-order valence-corrected chi connectivity index (χ3v) is 6.11. The molecule has 1 aliphatic rings. The van der Waals surface area contributed by atoms with Crippen LogP contribution >= 0.6 is 11.8 Å². The van der Waals surface area contributed by atoms with E-state index in [0.29, 0.717) is 29.2 Å². The third-order valence-electron chi connectivity index (χ3n) is 5.47. The second-order valence-corrected chi connectivity index (χ2v) is 9.97. The van der Waals surface area contributed by atoms with E-state index in [0.717, 1.165) is 0 Å². The van der Waals surface area contributed by atoms with Gasteiger partial charge < -0.3 is 25.5 Å². The van der Waals surface area contributed by atoms with E-state index in [-0.39, 0.29) is 31.8 Å². The summed E-state index contributed by atoms with van der Waals surface area (Å²) in [6.45, 7) is 3.61. The molecule has 1 aliphatic heterocycles. The Kier molecular flexibility index (Phi) is 12.7. The Morgan fingerprint density at radius 1 is 1.03 bits per heavy atom. The molecule has 13 heteroatoms.